The van der Waals surface area contributed by atoms with Gasteiger partial charge in [0.25, 0.3) is 35.3 Å². The molecule has 0 saturated heterocycles. The Hall–Kier alpha value is -9.04. The zero-order valence-electron chi connectivity index (χ0n) is 49.2. The predicted molar refractivity (Wildman–Crippen MR) is 332 cm³/mol. The van der Waals surface area contributed by atoms with Crippen molar-refractivity contribution in [1.29, 1.82) is 0 Å². The van der Waals surface area contributed by atoms with Crippen LogP contribution in [0.25, 0.3) is 33.1 Å². The van der Waals surface area contributed by atoms with Gasteiger partial charge in [0.15, 0.2) is 0 Å². The highest BCUT2D eigenvalue weighted by atomic mass is 16.6. The van der Waals surface area contributed by atoms with Crippen molar-refractivity contribution in [3.8, 4) is 81.3 Å². The van der Waals surface area contributed by atoms with Crippen LogP contribution in [0.2, 0.25) is 0 Å². The first kappa shape index (κ1) is 54.9. The quantitative estimate of drug-likeness (QED) is 0.0875. The van der Waals surface area contributed by atoms with Crippen molar-refractivity contribution in [3.63, 3.8) is 0 Å². The third-order valence-corrected chi connectivity index (χ3v) is 17.8. The van der Waals surface area contributed by atoms with E-state index in [9.17, 15) is 10.2 Å². The van der Waals surface area contributed by atoms with Crippen LogP contribution < -0.4 is 28.4 Å². The molecule has 2 unspecified atom stereocenters. The number of hydrogen-bond acceptors (Lipinski definition) is 14. The van der Waals surface area contributed by atoms with E-state index in [-0.39, 0.29) is 64.5 Å². The normalized spacial score (nSPS) is 16.8. The standard InChI is InChI=1S/C72H70N6O8/c1-5-9-13-23-41-45-33-47-42(24-14-10-6-2)49-35-51-44(26-16-12-8-4)52-36-50-43(25-15-11-7-3)48-34-46(41)60(80)38-62(48)82-68-70(76-56-30-20-18-28-54(56)74-68)84-64(50)40-66(52)86-72-71(77-57-31-21-22-32-58(57)78-72)85-65(51)39-63(49)83-69-67(81-61(47)37-59(45)79)73-53-27-17-19-29-55(53)75-69/h17-22,27-44,79-80H,5-16,23-26H2,1-4H3. The summed E-state index contributed by atoms with van der Waals surface area (Å²) < 4.78 is 43.3. The number of rotatable bonds is 16. The molecule has 0 radical (unpaired) electrons. The van der Waals surface area contributed by atoms with E-state index in [4.69, 9.17) is 58.3 Å². The van der Waals surface area contributed by atoms with Gasteiger partial charge in [0, 0.05) is 92.4 Å². The number of phenols is 2. The van der Waals surface area contributed by atoms with Gasteiger partial charge in [-0.05, 0) is 86.3 Å². The molecule has 8 bridgehead atoms. The van der Waals surface area contributed by atoms with Gasteiger partial charge in [0.2, 0.25) is 0 Å². The summed E-state index contributed by atoms with van der Waals surface area (Å²) in [5, 5.41) is 25.8. The number of hydrogen-bond donors (Lipinski definition) is 2. The lowest BCUT2D eigenvalue weighted by molar-refractivity contribution is 0.381. The van der Waals surface area contributed by atoms with E-state index in [2.05, 4.69) is 52.0 Å². The number of unbranched alkanes of at least 4 members (excludes halogenated alkanes) is 8. The SMILES string of the molecule is CCCCCC1c2cc3c(cc2O)Oc2nc4ccccc4nc2Oc2cc4c(cc2C3CCCCC)C(CCCCC)c2cc3c(cc2Oc2nc5ccccc5nc2O4)Oc2nc4ccccc4nc2Oc2cc(O)c1cc2C3CCCCC. The Kier molecular flexibility index (Phi) is 15.0. The van der Waals surface area contributed by atoms with Crippen LogP contribution in [0.3, 0.4) is 0 Å². The second kappa shape index (κ2) is 23.4. The van der Waals surface area contributed by atoms with Crippen LogP contribution >= 0.6 is 0 Å². The second-order valence-corrected chi connectivity index (χ2v) is 23.5. The Morgan fingerprint density at radius 1 is 0.279 bits per heavy atom. The fraction of sp³-hybridized carbons (Fsp3) is 0.333. The molecule has 4 aliphatic rings. The maximum atomic E-state index is 12.9. The van der Waals surface area contributed by atoms with Gasteiger partial charge in [-0.2, -0.15) is 0 Å². The van der Waals surface area contributed by atoms with Gasteiger partial charge in [-0.15, -0.1) is 0 Å². The fourth-order valence-corrected chi connectivity index (χ4v) is 13.4. The van der Waals surface area contributed by atoms with Gasteiger partial charge in [-0.3, -0.25) is 0 Å². The highest BCUT2D eigenvalue weighted by Gasteiger charge is 2.38. The number of phenolic OH excluding ortho intramolecular Hbond substituents is 2. The lowest BCUT2D eigenvalue weighted by Gasteiger charge is -2.30. The number of para-hydroxylation sites is 6. The lowest BCUT2D eigenvalue weighted by atomic mass is 9.76. The van der Waals surface area contributed by atoms with Crippen molar-refractivity contribution < 1.29 is 38.6 Å². The van der Waals surface area contributed by atoms with Crippen LogP contribution in [0.1, 0.15) is 199 Å². The maximum Gasteiger partial charge on any atom is 0.284 e. The minimum Gasteiger partial charge on any atom is -0.508 e. The molecular weight excluding hydrogens is 1080 g/mol. The van der Waals surface area contributed by atoms with Crippen LogP contribution in [-0.2, 0) is 0 Å². The number of fused-ring (bicyclic) bond motifs is 8. The van der Waals surface area contributed by atoms with Crippen molar-refractivity contribution in [2.45, 2.75) is 154 Å². The lowest BCUT2D eigenvalue weighted by Crippen LogP contribution is -2.13. The molecule has 0 spiro atoms. The van der Waals surface area contributed by atoms with E-state index in [1.807, 2.05) is 84.9 Å². The monoisotopic (exact) mass is 1150 g/mol. The van der Waals surface area contributed by atoms with Gasteiger partial charge < -0.3 is 38.6 Å². The summed E-state index contributed by atoms with van der Waals surface area (Å²) in [6.45, 7) is 8.86. The van der Waals surface area contributed by atoms with E-state index in [0.29, 0.717) is 98.0 Å². The molecule has 0 amide bonds. The predicted octanol–water partition coefficient (Wildman–Crippen LogP) is 19.8. The summed E-state index contributed by atoms with van der Waals surface area (Å²) in [6, 6.07) is 39.4. The number of aromatic nitrogens is 6. The molecule has 14 nitrogen and oxygen atoms in total. The van der Waals surface area contributed by atoms with E-state index in [1.165, 1.54) is 0 Å². The van der Waals surface area contributed by atoms with Crippen LogP contribution in [0.4, 0.5) is 0 Å². The molecule has 14 heteroatoms. The zero-order chi connectivity index (χ0) is 58.4. The molecule has 6 heterocycles. The van der Waals surface area contributed by atoms with Gasteiger partial charge in [0.1, 0.15) is 46.0 Å². The highest BCUT2D eigenvalue weighted by molar-refractivity contribution is 5.78. The molecule has 0 fully saturated rings. The van der Waals surface area contributed by atoms with Crippen molar-refractivity contribution in [2.75, 3.05) is 0 Å². The second-order valence-electron chi connectivity index (χ2n) is 23.5. The molecule has 2 atom stereocenters. The maximum absolute atomic E-state index is 12.9. The molecule has 14 rings (SSSR count). The Labute approximate surface area is 500 Å². The Bertz CT molecular complexity index is 3990. The van der Waals surface area contributed by atoms with E-state index >= 15 is 0 Å². The number of nitrogens with zero attached hydrogens (tertiary/aromatic N) is 6. The summed E-state index contributed by atoms with van der Waals surface area (Å²) in [4.78, 5) is 30.8. The van der Waals surface area contributed by atoms with Crippen molar-refractivity contribution >= 4 is 33.1 Å². The summed E-state index contributed by atoms with van der Waals surface area (Å²) in [6.07, 6.45) is 14.1. The smallest absolute Gasteiger partial charge is 0.284 e. The molecule has 0 saturated carbocycles. The van der Waals surface area contributed by atoms with E-state index < -0.39 is 5.92 Å². The first-order chi connectivity index (χ1) is 42.2. The summed E-state index contributed by atoms with van der Waals surface area (Å²) in [7, 11) is 0. The van der Waals surface area contributed by atoms with Gasteiger partial charge in [0.05, 0.1) is 33.1 Å². The highest BCUT2D eigenvalue weighted by Crippen LogP contribution is 2.58. The van der Waals surface area contributed by atoms with Crippen molar-refractivity contribution in [1.82, 2.24) is 29.9 Å². The van der Waals surface area contributed by atoms with E-state index in [1.54, 1.807) is 12.1 Å². The van der Waals surface area contributed by atoms with Gasteiger partial charge in [-0.1, -0.05) is 141 Å². The largest absolute Gasteiger partial charge is 0.508 e. The third-order valence-electron chi connectivity index (χ3n) is 17.8. The molecule has 3 aliphatic heterocycles. The molecule has 2 N–H and O–H groups in total. The van der Waals surface area contributed by atoms with E-state index in [0.717, 1.165) is 117 Å². The third kappa shape index (κ3) is 10.3. The minimum absolute atomic E-state index is 0.0335. The summed E-state index contributed by atoms with van der Waals surface area (Å²) in [5.74, 6) is 2.39. The Morgan fingerprint density at radius 2 is 0.488 bits per heavy atom. The van der Waals surface area contributed by atoms with Gasteiger partial charge in [-0.25, -0.2) is 29.9 Å². The summed E-state index contributed by atoms with van der Waals surface area (Å²) in [5.41, 5.74) is 10.4. The average molecular weight is 1150 g/mol. The molecule has 1 aliphatic carbocycles. The zero-order valence-corrected chi connectivity index (χ0v) is 49.2. The van der Waals surface area contributed by atoms with Crippen molar-refractivity contribution in [3.05, 3.63) is 166 Å². The van der Waals surface area contributed by atoms with Crippen LogP contribution in [0.5, 0.6) is 81.3 Å². The molecule has 3 aromatic heterocycles. The van der Waals surface area contributed by atoms with Crippen LogP contribution in [0, 0.1) is 0 Å². The van der Waals surface area contributed by atoms with Crippen molar-refractivity contribution in [2.24, 2.45) is 0 Å². The Morgan fingerprint density at radius 3 is 0.721 bits per heavy atom. The number of aromatic hydroxyl groups is 2. The number of ether oxygens (including phenoxy) is 6. The molecule has 436 valence electrons. The minimum atomic E-state index is -0.486. The molecule has 10 aromatic rings. The average Bonchev–Trinajstić information content (AvgIpc) is 1.61. The number of benzene rings is 7. The van der Waals surface area contributed by atoms with Gasteiger partial charge >= 0.3 is 0 Å². The first-order valence-corrected chi connectivity index (χ1v) is 31.2. The topological polar surface area (TPSA) is 173 Å². The fourth-order valence-electron chi connectivity index (χ4n) is 13.4. The molecule has 7 aromatic carbocycles. The van der Waals surface area contributed by atoms with Crippen LogP contribution in [-0.4, -0.2) is 40.1 Å². The summed E-state index contributed by atoms with van der Waals surface area (Å²) >= 11 is 0. The molecular formula is C72H70N6O8. The Balaban J connectivity index is 1.15. The molecule has 86 heavy (non-hydrogen) atoms. The first-order valence-electron chi connectivity index (χ1n) is 31.2. The van der Waals surface area contributed by atoms with Crippen LogP contribution in [0.15, 0.2) is 121 Å².